The van der Waals surface area contributed by atoms with Gasteiger partial charge in [0.05, 0.1) is 27.2 Å². The number of imide groups is 1. The minimum Gasteiger partial charge on any atom is -0.326 e. The summed E-state index contributed by atoms with van der Waals surface area (Å²) in [5, 5.41) is 3.43. The minimum atomic E-state index is -4.15. The first kappa shape index (κ1) is 28.6. The first-order valence-electron chi connectivity index (χ1n) is 13.2. The maximum atomic E-state index is 13.8. The van der Waals surface area contributed by atoms with Gasteiger partial charge in [0.2, 0.25) is 21.8 Å². The molecule has 41 heavy (non-hydrogen) atoms. The first-order chi connectivity index (χ1) is 19.5. The molecule has 0 radical (unpaired) electrons. The van der Waals surface area contributed by atoms with Crippen molar-refractivity contribution in [1.29, 1.82) is 0 Å². The molecule has 9 nitrogen and oxygen atoms in total. The van der Waals surface area contributed by atoms with E-state index in [0.717, 1.165) is 35.6 Å². The van der Waals surface area contributed by atoms with Gasteiger partial charge in [0.25, 0.3) is 5.91 Å². The summed E-state index contributed by atoms with van der Waals surface area (Å²) in [5.74, 6) is -1.33. The van der Waals surface area contributed by atoms with Crippen LogP contribution in [0.2, 0.25) is 0 Å². The average molecular weight is 591 g/mol. The second kappa shape index (κ2) is 11.2. The molecule has 0 aliphatic carbocycles. The van der Waals surface area contributed by atoms with E-state index in [4.69, 9.17) is 4.98 Å². The SMILES string of the molecule is CCC(C)N(C1CC(=O)N(c2ccc(-c3nc4ccc(C)cc4s3)cc2)C1=O)S(=O)(=O)c1ccc(NC(C)=O)cc1. The lowest BCUT2D eigenvalue weighted by Gasteiger charge is -2.31. The fourth-order valence-corrected chi connectivity index (χ4v) is 7.84. The predicted molar refractivity (Wildman–Crippen MR) is 160 cm³/mol. The monoisotopic (exact) mass is 590 g/mol. The number of carbonyl (C=O) groups excluding carboxylic acids is 3. The topological polar surface area (TPSA) is 117 Å². The molecule has 1 saturated heterocycles. The molecule has 1 N–H and O–H groups in total. The van der Waals surface area contributed by atoms with Crippen LogP contribution in [0.15, 0.2) is 71.6 Å². The van der Waals surface area contributed by atoms with Gasteiger partial charge in [-0.15, -0.1) is 11.3 Å². The van der Waals surface area contributed by atoms with E-state index in [1.54, 1.807) is 30.4 Å². The van der Waals surface area contributed by atoms with E-state index < -0.39 is 33.9 Å². The Kier molecular flexibility index (Phi) is 7.78. The van der Waals surface area contributed by atoms with Gasteiger partial charge in [-0.1, -0.05) is 13.0 Å². The zero-order chi connectivity index (χ0) is 29.5. The van der Waals surface area contributed by atoms with Crippen molar-refractivity contribution in [2.75, 3.05) is 10.2 Å². The summed E-state index contributed by atoms with van der Waals surface area (Å²) in [6.07, 6.45) is 0.183. The number of carbonyl (C=O) groups is 3. The van der Waals surface area contributed by atoms with Crippen molar-refractivity contribution in [3.05, 3.63) is 72.3 Å². The standard InChI is InChI=1S/C30H30N4O5S2/c1-5-19(3)34(41(38,39)24-13-9-22(10-14-24)31-20(4)35)26-17-28(36)33(30(26)37)23-11-7-21(8-12-23)29-32-25-15-6-18(2)16-27(25)40-29/h6-16,19,26H,5,17H2,1-4H3,(H,31,35). The molecule has 2 heterocycles. The molecule has 1 aliphatic rings. The van der Waals surface area contributed by atoms with Crippen molar-refractivity contribution in [2.24, 2.45) is 0 Å². The van der Waals surface area contributed by atoms with E-state index in [1.807, 2.05) is 38.1 Å². The molecule has 4 aromatic rings. The van der Waals surface area contributed by atoms with Crippen LogP contribution in [0, 0.1) is 6.92 Å². The van der Waals surface area contributed by atoms with Crippen molar-refractivity contribution < 1.29 is 22.8 Å². The maximum Gasteiger partial charge on any atom is 0.252 e. The normalized spacial score (nSPS) is 16.5. The Hall–Kier alpha value is -3.93. The summed E-state index contributed by atoms with van der Waals surface area (Å²) >= 11 is 1.57. The number of nitrogens with zero attached hydrogens (tertiary/aromatic N) is 3. The number of fused-ring (bicyclic) bond motifs is 1. The maximum absolute atomic E-state index is 13.8. The van der Waals surface area contributed by atoms with Gasteiger partial charge in [-0.2, -0.15) is 4.31 Å². The second-order valence-electron chi connectivity index (χ2n) is 10.1. The zero-order valence-electron chi connectivity index (χ0n) is 23.1. The van der Waals surface area contributed by atoms with Crippen LogP contribution in [0.5, 0.6) is 0 Å². The highest BCUT2D eigenvalue weighted by atomic mass is 32.2. The van der Waals surface area contributed by atoms with Crippen molar-refractivity contribution >= 4 is 60.7 Å². The minimum absolute atomic E-state index is 0.0269. The summed E-state index contributed by atoms with van der Waals surface area (Å²) in [6.45, 7) is 6.94. The van der Waals surface area contributed by atoms with Gasteiger partial charge < -0.3 is 5.32 Å². The molecule has 11 heteroatoms. The number of hydrogen-bond acceptors (Lipinski definition) is 7. The summed E-state index contributed by atoms with van der Waals surface area (Å²) in [7, 11) is -4.15. The Bertz CT molecular complexity index is 1750. The van der Waals surface area contributed by atoms with Crippen molar-refractivity contribution in [3.8, 4) is 10.6 Å². The van der Waals surface area contributed by atoms with Crippen LogP contribution in [-0.4, -0.2) is 47.5 Å². The van der Waals surface area contributed by atoms with Crippen LogP contribution in [0.1, 0.15) is 39.2 Å². The zero-order valence-corrected chi connectivity index (χ0v) is 24.8. The van der Waals surface area contributed by atoms with E-state index in [0.29, 0.717) is 17.8 Å². The van der Waals surface area contributed by atoms with E-state index in [1.165, 1.54) is 31.2 Å². The number of hydrogen-bond donors (Lipinski definition) is 1. The lowest BCUT2D eigenvalue weighted by Crippen LogP contribution is -2.49. The molecule has 0 saturated carbocycles. The third-order valence-electron chi connectivity index (χ3n) is 7.12. The average Bonchev–Trinajstić information content (AvgIpc) is 3.48. The molecule has 0 bridgehead atoms. The molecule has 5 rings (SSSR count). The van der Waals surface area contributed by atoms with Crippen LogP contribution in [0.25, 0.3) is 20.8 Å². The molecule has 3 aromatic carbocycles. The Labute approximate surface area is 242 Å². The third-order valence-corrected chi connectivity index (χ3v) is 10.2. The highest BCUT2D eigenvalue weighted by Crippen LogP contribution is 2.35. The lowest BCUT2D eigenvalue weighted by atomic mass is 10.2. The van der Waals surface area contributed by atoms with Gasteiger partial charge in [0.15, 0.2) is 0 Å². The number of amides is 3. The number of aromatic nitrogens is 1. The van der Waals surface area contributed by atoms with Crippen molar-refractivity contribution in [2.45, 2.75) is 57.5 Å². The van der Waals surface area contributed by atoms with E-state index >= 15 is 0 Å². The summed E-state index contributed by atoms with van der Waals surface area (Å²) < 4.78 is 29.8. The number of aryl methyl sites for hydroxylation is 1. The van der Waals surface area contributed by atoms with E-state index in [9.17, 15) is 22.8 Å². The van der Waals surface area contributed by atoms with Crippen LogP contribution < -0.4 is 10.2 Å². The van der Waals surface area contributed by atoms with Crippen molar-refractivity contribution in [3.63, 3.8) is 0 Å². The van der Waals surface area contributed by atoms with Gasteiger partial charge in [-0.05, 0) is 86.5 Å². The lowest BCUT2D eigenvalue weighted by molar-refractivity contribution is -0.122. The van der Waals surface area contributed by atoms with Gasteiger partial charge in [0.1, 0.15) is 11.0 Å². The number of anilines is 2. The number of thiazole rings is 1. The van der Waals surface area contributed by atoms with Gasteiger partial charge in [-0.25, -0.2) is 18.3 Å². The molecule has 1 aromatic heterocycles. The molecule has 2 atom stereocenters. The molecule has 1 aliphatic heterocycles. The van der Waals surface area contributed by atoms with E-state index in [2.05, 4.69) is 11.4 Å². The molecule has 2 unspecified atom stereocenters. The van der Waals surface area contributed by atoms with Crippen LogP contribution in [0.4, 0.5) is 11.4 Å². The third kappa shape index (κ3) is 5.52. The Balaban J connectivity index is 1.42. The molecular weight excluding hydrogens is 560 g/mol. The molecule has 0 spiro atoms. The first-order valence-corrected chi connectivity index (χ1v) is 15.5. The van der Waals surface area contributed by atoms with Crippen LogP contribution >= 0.6 is 11.3 Å². The number of nitrogens with one attached hydrogen (secondary N) is 1. The largest absolute Gasteiger partial charge is 0.326 e. The molecule has 1 fully saturated rings. The fraction of sp³-hybridized carbons (Fsp3) is 0.267. The fourth-order valence-electron chi connectivity index (χ4n) is 4.92. The summed E-state index contributed by atoms with van der Waals surface area (Å²) in [4.78, 5) is 43.9. The predicted octanol–water partition coefficient (Wildman–Crippen LogP) is 5.35. The number of benzene rings is 3. The number of sulfonamides is 1. The summed E-state index contributed by atoms with van der Waals surface area (Å²) in [5.41, 5.74) is 3.75. The van der Waals surface area contributed by atoms with Crippen molar-refractivity contribution in [1.82, 2.24) is 9.29 Å². The van der Waals surface area contributed by atoms with Gasteiger partial charge >= 0.3 is 0 Å². The molecule has 3 amide bonds. The summed E-state index contributed by atoms with van der Waals surface area (Å²) in [6, 6.07) is 17.1. The van der Waals surface area contributed by atoms with Crippen LogP contribution in [0.3, 0.4) is 0 Å². The number of rotatable bonds is 8. The smallest absolute Gasteiger partial charge is 0.252 e. The Morgan fingerprint density at radius 1 is 1.10 bits per heavy atom. The van der Waals surface area contributed by atoms with E-state index in [-0.39, 0.29) is 17.2 Å². The quantitative estimate of drug-likeness (QED) is 0.277. The Morgan fingerprint density at radius 2 is 1.78 bits per heavy atom. The van der Waals surface area contributed by atoms with Crippen LogP contribution in [-0.2, 0) is 24.4 Å². The Morgan fingerprint density at radius 3 is 2.41 bits per heavy atom. The highest BCUT2D eigenvalue weighted by Gasteiger charge is 2.48. The second-order valence-corrected chi connectivity index (χ2v) is 13.0. The highest BCUT2D eigenvalue weighted by molar-refractivity contribution is 7.89. The van der Waals surface area contributed by atoms with Gasteiger partial charge in [-0.3, -0.25) is 14.4 Å². The van der Waals surface area contributed by atoms with Gasteiger partial charge in [0, 0.05) is 24.2 Å². The molecular formula is C30H30N4O5S2. The molecule has 212 valence electrons.